The molecular formula is C11H21N3O. The number of nitrogens with zero attached hydrogens (tertiary/aromatic N) is 2. The number of aryl methyl sites for hydroxylation is 2. The fourth-order valence-electron chi connectivity index (χ4n) is 1.66. The van der Waals surface area contributed by atoms with Crippen LogP contribution in [-0.4, -0.2) is 29.5 Å². The molecule has 0 aromatic carbocycles. The Kier molecular flexibility index (Phi) is 4.29. The van der Waals surface area contributed by atoms with Crippen molar-refractivity contribution in [2.24, 2.45) is 7.05 Å². The molecule has 0 amide bonds. The lowest BCUT2D eigenvalue weighted by molar-refractivity contribution is 0.171. The first-order valence-electron chi connectivity index (χ1n) is 5.27. The van der Waals surface area contributed by atoms with Gasteiger partial charge in [-0.15, -0.1) is 0 Å². The van der Waals surface area contributed by atoms with Crippen LogP contribution in [0.15, 0.2) is 0 Å². The standard InChI is InChI=1S/C11H21N3O/c1-8(7-15-5)12-6-11-9(2)13-14(4)10(11)3/h8,12H,6-7H2,1-5H3. The molecule has 4 nitrogen and oxygen atoms in total. The molecule has 4 heteroatoms. The molecule has 1 rings (SSSR count). The zero-order valence-electron chi connectivity index (χ0n) is 10.3. The van der Waals surface area contributed by atoms with Gasteiger partial charge in [0.15, 0.2) is 0 Å². The number of ether oxygens (including phenoxy) is 1. The average molecular weight is 211 g/mol. The van der Waals surface area contributed by atoms with Crippen LogP contribution in [0.3, 0.4) is 0 Å². The molecule has 0 aliphatic heterocycles. The Bertz CT molecular complexity index is 320. The Morgan fingerprint density at radius 2 is 2.13 bits per heavy atom. The number of hydrogen-bond donors (Lipinski definition) is 1. The summed E-state index contributed by atoms with van der Waals surface area (Å²) in [4.78, 5) is 0. The van der Waals surface area contributed by atoms with Gasteiger partial charge in [0.05, 0.1) is 12.3 Å². The van der Waals surface area contributed by atoms with E-state index >= 15 is 0 Å². The van der Waals surface area contributed by atoms with Crippen LogP contribution >= 0.6 is 0 Å². The highest BCUT2D eigenvalue weighted by atomic mass is 16.5. The first-order valence-corrected chi connectivity index (χ1v) is 5.27. The summed E-state index contributed by atoms with van der Waals surface area (Å²) < 4.78 is 7.00. The van der Waals surface area contributed by atoms with Crippen LogP contribution in [0, 0.1) is 13.8 Å². The Hall–Kier alpha value is -0.870. The minimum absolute atomic E-state index is 0.369. The molecule has 0 aliphatic carbocycles. The predicted octanol–water partition coefficient (Wildman–Crippen LogP) is 1.16. The maximum atomic E-state index is 5.07. The SMILES string of the molecule is COCC(C)NCc1c(C)nn(C)c1C. The maximum Gasteiger partial charge on any atom is 0.0641 e. The number of nitrogens with one attached hydrogen (secondary N) is 1. The van der Waals surface area contributed by atoms with Gasteiger partial charge < -0.3 is 10.1 Å². The van der Waals surface area contributed by atoms with E-state index in [2.05, 4.69) is 24.3 Å². The summed E-state index contributed by atoms with van der Waals surface area (Å²) in [7, 11) is 3.70. The lowest BCUT2D eigenvalue weighted by Gasteiger charge is -2.12. The molecule has 0 radical (unpaired) electrons. The quantitative estimate of drug-likeness (QED) is 0.794. The monoisotopic (exact) mass is 211 g/mol. The largest absolute Gasteiger partial charge is 0.383 e. The van der Waals surface area contributed by atoms with Crippen LogP contribution in [0.4, 0.5) is 0 Å². The molecule has 86 valence electrons. The topological polar surface area (TPSA) is 39.1 Å². The van der Waals surface area contributed by atoms with Crippen molar-refractivity contribution in [2.45, 2.75) is 33.4 Å². The molecule has 1 aromatic rings. The molecule has 1 heterocycles. The summed E-state index contributed by atoms with van der Waals surface area (Å²) in [6, 6.07) is 0.369. The van der Waals surface area contributed by atoms with Crippen LogP contribution in [-0.2, 0) is 18.3 Å². The number of aromatic nitrogens is 2. The van der Waals surface area contributed by atoms with Crippen molar-refractivity contribution in [1.29, 1.82) is 0 Å². The van der Waals surface area contributed by atoms with E-state index in [1.165, 1.54) is 11.3 Å². The lowest BCUT2D eigenvalue weighted by Crippen LogP contribution is -2.29. The summed E-state index contributed by atoms with van der Waals surface area (Å²) in [5.74, 6) is 0. The van der Waals surface area contributed by atoms with Gasteiger partial charge in [-0.05, 0) is 20.8 Å². The smallest absolute Gasteiger partial charge is 0.0641 e. The van der Waals surface area contributed by atoms with Gasteiger partial charge in [0, 0.05) is 38.0 Å². The number of methoxy groups -OCH3 is 1. The average Bonchev–Trinajstić information content (AvgIpc) is 2.40. The highest BCUT2D eigenvalue weighted by molar-refractivity contribution is 5.24. The number of hydrogen-bond acceptors (Lipinski definition) is 3. The Morgan fingerprint density at radius 1 is 1.47 bits per heavy atom. The van der Waals surface area contributed by atoms with Crippen molar-refractivity contribution in [2.75, 3.05) is 13.7 Å². The van der Waals surface area contributed by atoms with Crippen LogP contribution < -0.4 is 5.32 Å². The number of rotatable bonds is 5. The molecule has 1 aromatic heterocycles. The third-order valence-corrected chi connectivity index (χ3v) is 2.70. The summed E-state index contributed by atoms with van der Waals surface area (Å²) in [5, 5.41) is 7.80. The van der Waals surface area contributed by atoms with E-state index in [9.17, 15) is 0 Å². The fraction of sp³-hybridized carbons (Fsp3) is 0.727. The van der Waals surface area contributed by atoms with Gasteiger partial charge in [-0.2, -0.15) is 5.10 Å². The van der Waals surface area contributed by atoms with Crippen molar-refractivity contribution in [1.82, 2.24) is 15.1 Å². The fourth-order valence-corrected chi connectivity index (χ4v) is 1.66. The molecule has 1 N–H and O–H groups in total. The molecule has 0 fully saturated rings. The molecule has 1 unspecified atom stereocenters. The molecule has 0 bridgehead atoms. The van der Waals surface area contributed by atoms with Gasteiger partial charge in [-0.25, -0.2) is 0 Å². The Balaban J connectivity index is 2.57. The zero-order valence-corrected chi connectivity index (χ0v) is 10.3. The van der Waals surface area contributed by atoms with Gasteiger partial charge in [0.25, 0.3) is 0 Å². The van der Waals surface area contributed by atoms with Gasteiger partial charge >= 0.3 is 0 Å². The van der Waals surface area contributed by atoms with Gasteiger partial charge in [0.2, 0.25) is 0 Å². The lowest BCUT2D eigenvalue weighted by atomic mass is 10.2. The van der Waals surface area contributed by atoms with Crippen molar-refractivity contribution >= 4 is 0 Å². The van der Waals surface area contributed by atoms with E-state index < -0.39 is 0 Å². The van der Waals surface area contributed by atoms with Crippen LogP contribution in [0.2, 0.25) is 0 Å². The summed E-state index contributed by atoms with van der Waals surface area (Å²) >= 11 is 0. The normalized spacial score (nSPS) is 13.1. The zero-order chi connectivity index (χ0) is 11.4. The predicted molar refractivity (Wildman–Crippen MR) is 60.9 cm³/mol. The van der Waals surface area contributed by atoms with Crippen LogP contribution in [0.5, 0.6) is 0 Å². The second-order valence-electron chi connectivity index (χ2n) is 4.01. The third kappa shape index (κ3) is 3.04. The second kappa shape index (κ2) is 5.28. The molecule has 0 saturated carbocycles. The van der Waals surface area contributed by atoms with Crippen molar-refractivity contribution in [3.05, 3.63) is 17.0 Å². The third-order valence-electron chi connectivity index (χ3n) is 2.70. The van der Waals surface area contributed by atoms with Gasteiger partial charge in [0.1, 0.15) is 0 Å². The van der Waals surface area contributed by atoms with Crippen molar-refractivity contribution < 1.29 is 4.74 Å². The highest BCUT2D eigenvalue weighted by Crippen LogP contribution is 2.11. The van der Waals surface area contributed by atoms with Crippen molar-refractivity contribution in [3.63, 3.8) is 0 Å². The summed E-state index contributed by atoms with van der Waals surface area (Å²) in [5.41, 5.74) is 3.62. The van der Waals surface area contributed by atoms with E-state index in [1.54, 1.807) is 7.11 Å². The van der Waals surface area contributed by atoms with Crippen LogP contribution in [0.25, 0.3) is 0 Å². The van der Waals surface area contributed by atoms with Crippen LogP contribution in [0.1, 0.15) is 23.9 Å². The minimum Gasteiger partial charge on any atom is -0.383 e. The van der Waals surface area contributed by atoms with E-state index in [1.807, 2.05) is 18.7 Å². The Labute approximate surface area is 91.6 Å². The van der Waals surface area contributed by atoms with E-state index in [0.29, 0.717) is 6.04 Å². The van der Waals surface area contributed by atoms with Crippen molar-refractivity contribution in [3.8, 4) is 0 Å². The van der Waals surface area contributed by atoms with E-state index in [4.69, 9.17) is 4.74 Å². The highest BCUT2D eigenvalue weighted by Gasteiger charge is 2.09. The Morgan fingerprint density at radius 3 is 2.60 bits per heavy atom. The van der Waals surface area contributed by atoms with Gasteiger partial charge in [-0.1, -0.05) is 0 Å². The van der Waals surface area contributed by atoms with E-state index in [0.717, 1.165) is 18.8 Å². The maximum absolute atomic E-state index is 5.07. The molecule has 0 saturated heterocycles. The molecule has 0 aliphatic rings. The summed E-state index contributed by atoms with van der Waals surface area (Å²) in [6.07, 6.45) is 0. The first-order chi connectivity index (χ1) is 7.06. The molecular weight excluding hydrogens is 190 g/mol. The van der Waals surface area contributed by atoms with Gasteiger partial charge in [-0.3, -0.25) is 4.68 Å². The van der Waals surface area contributed by atoms with E-state index in [-0.39, 0.29) is 0 Å². The second-order valence-corrected chi connectivity index (χ2v) is 4.01. The summed E-state index contributed by atoms with van der Waals surface area (Å²) in [6.45, 7) is 7.85. The molecule has 0 spiro atoms. The first kappa shape index (κ1) is 12.2. The molecule has 1 atom stereocenters. The minimum atomic E-state index is 0.369. The molecule has 15 heavy (non-hydrogen) atoms.